The van der Waals surface area contributed by atoms with Gasteiger partial charge in [-0.15, -0.1) is 0 Å². The minimum absolute atomic E-state index is 0.178. The molecule has 0 radical (unpaired) electrons. The molecule has 1 atom stereocenters. The van der Waals surface area contributed by atoms with E-state index < -0.39 is 6.10 Å². The van der Waals surface area contributed by atoms with Gasteiger partial charge < -0.3 is 15.2 Å². The van der Waals surface area contributed by atoms with Gasteiger partial charge in [-0.05, 0) is 31.2 Å². The molecule has 2 aromatic carbocycles. The third-order valence-electron chi connectivity index (χ3n) is 3.12. The highest BCUT2D eigenvalue weighted by Gasteiger charge is 2.07. The molecule has 2 aromatic rings. The predicted octanol–water partition coefficient (Wildman–Crippen LogP) is 3.64. The second kappa shape index (κ2) is 8.27. The summed E-state index contributed by atoms with van der Waals surface area (Å²) in [6, 6.07) is 12.3. The SMILES string of the molecule is C[C@H](O)CNCc1cc(Br)ccc1OCc1ccccc1F. The molecule has 118 valence electrons. The van der Waals surface area contributed by atoms with Crippen molar-refractivity contribution in [1.29, 1.82) is 0 Å². The Hall–Kier alpha value is -1.43. The zero-order valence-corrected chi connectivity index (χ0v) is 13.9. The maximum Gasteiger partial charge on any atom is 0.129 e. The molecule has 2 N–H and O–H groups in total. The quantitative estimate of drug-likeness (QED) is 0.784. The Balaban J connectivity index is 2.05. The molecule has 0 fully saturated rings. The van der Waals surface area contributed by atoms with Crippen molar-refractivity contribution in [2.24, 2.45) is 0 Å². The average molecular weight is 368 g/mol. The second-order valence-electron chi connectivity index (χ2n) is 5.11. The molecule has 0 saturated heterocycles. The predicted molar refractivity (Wildman–Crippen MR) is 88.3 cm³/mol. The highest BCUT2D eigenvalue weighted by Crippen LogP contribution is 2.24. The maximum absolute atomic E-state index is 13.6. The van der Waals surface area contributed by atoms with Crippen molar-refractivity contribution in [3.05, 3.63) is 63.9 Å². The van der Waals surface area contributed by atoms with Gasteiger partial charge in [0.2, 0.25) is 0 Å². The van der Waals surface area contributed by atoms with Crippen LogP contribution in [0.2, 0.25) is 0 Å². The molecule has 0 spiro atoms. The van der Waals surface area contributed by atoms with Crippen molar-refractivity contribution >= 4 is 15.9 Å². The number of hydrogen-bond donors (Lipinski definition) is 2. The summed E-state index contributed by atoms with van der Waals surface area (Å²) in [6.07, 6.45) is -0.407. The third kappa shape index (κ3) is 5.09. The van der Waals surface area contributed by atoms with Crippen LogP contribution in [0.3, 0.4) is 0 Å². The summed E-state index contributed by atoms with van der Waals surface area (Å²) in [7, 11) is 0. The molecule has 0 aliphatic rings. The van der Waals surface area contributed by atoms with Crippen molar-refractivity contribution in [2.75, 3.05) is 6.54 Å². The van der Waals surface area contributed by atoms with Gasteiger partial charge in [-0.2, -0.15) is 0 Å². The lowest BCUT2D eigenvalue weighted by molar-refractivity contribution is 0.190. The van der Waals surface area contributed by atoms with E-state index >= 15 is 0 Å². The lowest BCUT2D eigenvalue weighted by Gasteiger charge is -2.14. The van der Waals surface area contributed by atoms with E-state index in [0.29, 0.717) is 24.4 Å². The summed E-state index contributed by atoms with van der Waals surface area (Å²) in [5.41, 5.74) is 1.47. The topological polar surface area (TPSA) is 41.5 Å². The molecule has 0 amide bonds. The van der Waals surface area contributed by atoms with Gasteiger partial charge in [0, 0.05) is 28.7 Å². The zero-order chi connectivity index (χ0) is 15.9. The normalized spacial score (nSPS) is 12.2. The lowest BCUT2D eigenvalue weighted by Crippen LogP contribution is -2.24. The molecule has 0 aliphatic heterocycles. The van der Waals surface area contributed by atoms with Crippen LogP contribution in [0.1, 0.15) is 18.1 Å². The second-order valence-corrected chi connectivity index (χ2v) is 6.03. The van der Waals surface area contributed by atoms with Crippen molar-refractivity contribution in [3.8, 4) is 5.75 Å². The Bertz CT molecular complexity index is 619. The minimum atomic E-state index is -0.407. The van der Waals surface area contributed by atoms with Gasteiger partial charge in [0.25, 0.3) is 0 Å². The Morgan fingerprint density at radius 3 is 2.73 bits per heavy atom. The molecule has 2 rings (SSSR count). The van der Waals surface area contributed by atoms with E-state index in [1.807, 2.05) is 18.2 Å². The molecule has 3 nitrogen and oxygen atoms in total. The zero-order valence-electron chi connectivity index (χ0n) is 12.4. The lowest BCUT2D eigenvalue weighted by atomic mass is 10.2. The largest absolute Gasteiger partial charge is 0.488 e. The number of hydrogen-bond acceptors (Lipinski definition) is 3. The first kappa shape index (κ1) is 16.9. The first-order valence-corrected chi connectivity index (χ1v) is 7.89. The molecular weight excluding hydrogens is 349 g/mol. The number of rotatable bonds is 7. The summed E-state index contributed by atoms with van der Waals surface area (Å²) in [5.74, 6) is 0.429. The summed E-state index contributed by atoms with van der Waals surface area (Å²) < 4.78 is 20.3. The third-order valence-corrected chi connectivity index (χ3v) is 3.61. The van der Waals surface area contributed by atoms with Crippen LogP contribution in [-0.4, -0.2) is 17.8 Å². The average Bonchev–Trinajstić information content (AvgIpc) is 2.47. The number of halogens is 2. The van der Waals surface area contributed by atoms with Gasteiger partial charge in [0.05, 0.1) is 6.10 Å². The maximum atomic E-state index is 13.6. The van der Waals surface area contributed by atoms with Gasteiger partial charge in [0.1, 0.15) is 18.2 Å². The van der Waals surface area contributed by atoms with E-state index in [1.54, 1.807) is 25.1 Å². The monoisotopic (exact) mass is 367 g/mol. The first-order valence-electron chi connectivity index (χ1n) is 7.09. The molecule has 5 heteroatoms. The summed E-state index contributed by atoms with van der Waals surface area (Å²) >= 11 is 3.43. The van der Waals surface area contributed by atoms with Crippen molar-refractivity contribution in [3.63, 3.8) is 0 Å². The fraction of sp³-hybridized carbons (Fsp3) is 0.294. The van der Waals surface area contributed by atoms with Crippen LogP contribution in [-0.2, 0) is 13.2 Å². The van der Waals surface area contributed by atoms with Crippen LogP contribution in [0.4, 0.5) is 4.39 Å². The standard InChI is InChI=1S/C17H19BrFNO2/c1-12(21)9-20-10-14-8-15(18)6-7-17(14)22-11-13-4-2-3-5-16(13)19/h2-8,12,20-21H,9-11H2,1H3/t12-/m0/s1. The minimum Gasteiger partial charge on any atom is -0.488 e. The van der Waals surface area contributed by atoms with Gasteiger partial charge >= 0.3 is 0 Å². The van der Waals surface area contributed by atoms with Gasteiger partial charge in [-0.3, -0.25) is 0 Å². The molecule has 0 aliphatic carbocycles. The van der Waals surface area contributed by atoms with E-state index in [-0.39, 0.29) is 12.4 Å². The molecule has 0 bridgehead atoms. The Kier molecular flexibility index (Phi) is 6.36. The summed E-state index contributed by atoms with van der Waals surface area (Å²) in [5, 5.41) is 12.4. The van der Waals surface area contributed by atoms with E-state index in [0.717, 1.165) is 10.0 Å². The summed E-state index contributed by atoms with van der Waals surface area (Å²) in [6.45, 7) is 2.97. The van der Waals surface area contributed by atoms with Crippen LogP contribution < -0.4 is 10.1 Å². The van der Waals surface area contributed by atoms with Crippen LogP contribution in [0.5, 0.6) is 5.75 Å². The van der Waals surface area contributed by atoms with E-state index in [4.69, 9.17) is 4.74 Å². The smallest absolute Gasteiger partial charge is 0.129 e. The van der Waals surface area contributed by atoms with Crippen molar-refractivity contribution < 1.29 is 14.2 Å². The number of benzene rings is 2. The number of nitrogens with one attached hydrogen (secondary N) is 1. The van der Waals surface area contributed by atoms with Crippen LogP contribution in [0, 0.1) is 5.82 Å². The van der Waals surface area contributed by atoms with Crippen LogP contribution >= 0.6 is 15.9 Å². The number of aliphatic hydroxyl groups excluding tert-OH is 1. The summed E-state index contributed by atoms with van der Waals surface area (Å²) in [4.78, 5) is 0. The highest BCUT2D eigenvalue weighted by molar-refractivity contribution is 9.10. The molecule has 0 heterocycles. The first-order chi connectivity index (χ1) is 10.6. The fourth-order valence-electron chi connectivity index (χ4n) is 2.01. The van der Waals surface area contributed by atoms with E-state index in [2.05, 4.69) is 21.2 Å². The molecule has 0 saturated carbocycles. The van der Waals surface area contributed by atoms with E-state index in [9.17, 15) is 9.50 Å². The fourth-order valence-corrected chi connectivity index (χ4v) is 2.42. The number of ether oxygens (including phenoxy) is 1. The van der Waals surface area contributed by atoms with Crippen LogP contribution in [0.25, 0.3) is 0 Å². The van der Waals surface area contributed by atoms with Gasteiger partial charge in [-0.1, -0.05) is 34.1 Å². The Morgan fingerprint density at radius 2 is 2.00 bits per heavy atom. The van der Waals surface area contributed by atoms with Gasteiger partial charge in [-0.25, -0.2) is 4.39 Å². The molecule has 22 heavy (non-hydrogen) atoms. The highest BCUT2D eigenvalue weighted by atomic mass is 79.9. The Labute approximate surface area is 138 Å². The number of aliphatic hydroxyl groups is 1. The van der Waals surface area contributed by atoms with Crippen molar-refractivity contribution in [1.82, 2.24) is 5.32 Å². The van der Waals surface area contributed by atoms with Crippen LogP contribution in [0.15, 0.2) is 46.9 Å². The van der Waals surface area contributed by atoms with E-state index in [1.165, 1.54) is 6.07 Å². The Morgan fingerprint density at radius 1 is 1.23 bits per heavy atom. The molecule has 0 aromatic heterocycles. The molecule has 0 unspecified atom stereocenters. The van der Waals surface area contributed by atoms with Gasteiger partial charge in [0.15, 0.2) is 0 Å². The van der Waals surface area contributed by atoms with Crippen molar-refractivity contribution in [2.45, 2.75) is 26.2 Å². The molecular formula is C17H19BrFNO2.